The van der Waals surface area contributed by atoms with Gasteiger partial charge in [0.25, 0.3) is 5.56 Å². The number of piperazine rings is 1. The summed E-state index contributed by atoms with van der Waals surface area (Å²) >= 11 is 12.8. The van der Waals surface area contributed by atoms with Crippen LogP contribution in [0.2, 0.25) is 10.0 Å². The number of hydrogen-bond acceptors (Lipinski definition) is 7. The highest BCUT2D eigenvalue weighted by Gasteiger charge is 2.21. The van der Waals surface area contributed by atoms with Crippen molar-refractivity contribution in [3.8, 4) is 16.9 Å². The van der Waals surface area contributed by atoms with Gasteiger partial charge in [-0.2, -0.15) is 9.78 Å². The number of hydrogen-bond donors (Lipinski definition) is 1. The summed E-state index contributed by atoms with van der Waals surface area (Å²) in [6.45, 7) is 3.99. The highest BCUT2D eigenvalue weighted by Crippen LogP contribution is 2.31. The molecule has 202 valence electrons. The van der Waals surface area contributed by atoms with Crippen LogP contribution in [0.4, 0.5) is 21.7 Å². The van der Waals surface area contributed by atoms with E-state index in [9.17, 15) is 4.79 Å². The Morgan fingerprint density at radius 2 is 1.60 bits per heavy atom. The van der Waals surface area contributed by atoms with Crippen LogP contribution in [0.25, 0.3) is 27.8 Å². The molecular formula is C29H24Cl2FN7O. The molecule has 1 fully saturated rings. The average molecular weight is 576 g/mol. The molecule has 0 atom stereocenters. The summed E-state index contributed by atoms with van der Waals surface area (Å²) in [7, 11) is 2.13. The average Bonchev–Trinajstić information content (AvgIpc) is 2.95. The summed E-state index contributed by atoms with van der Waals surface area (Å²) in [4.78, 5) is 27.2. The zero-order chi connectivity index (χ0) is 27.8. The summed E-state index contributed by atoms with van der Waals surface area (Å²) in [5.74, 6) is -0.272. The van der Waals surface area contributed by atoms with Crippen molar-refractivity contribution >= 4 is 51.4 Å². The summed E-state index contributed by atoms with van der Waals surface area (Å²) in [6, 6.07) is 19.0. The van der Waals surface area contributed by atoms with Crippen LogP contribution in [0, 0.1) is 5.82 Å². The van der Waals surface area contributed by atoms with Gasteiger partial charge in [-0.15, -0.1) is 0 Å². The third-order valence-corrected chi connectivity index (χ3v) is 7.52. The van der Waals surface area contributed by atoms with Gasteiger partial charge in [0.15, 0.2) is 0 Å². The number of aromatic nitrogens is 4. The maximum Gasteiger partial charge on any atom is 0.282 e. The van der Waals surface area contributed by atoms with Crippen LogP contribution in [0.15, 0.2) is 77.7 Å². The molecule has 40 heavy (non-hydrogen) atoms. The Hall–Kier alpha value is -4.05. The number of nitrogens with one attached hydrogen (secondary N) is 1. The second kappa shape index (κ2) is 10.8. The standard InChI is InChI=1S/C29H24Cl2FN7O/c1-37-13-15-38(16-14-37)19-11-9-18(10-12-19)34-29-33-17-21-25(35-29)26(20-5-2-3-8-24(20)32)36-39(28(21)40)27-22(30)6-4-7-23(27)31/h2-12,17H,13-16H2,1H3,(H,33,34,35). The topological polar surface area (TPSA) is 79.2 Å². The Morgan fingerprint density at radius 3 is 2.30 bits per heavy atom. The molecule has 1 saturated heterocycles. The van der Waals surface area contributed by atoms with Crippen molar-refractivity contribution in [1.29, 1.82) is 0 Å². The van der Waals surface area contributed by atoms with Crippen LogP contribution in [-0.4, -0.2) is 57.9 Å². The molecule has 0 amide bonds. The fourth-order valence-corrected chi connectivity index (χ4v) is 5.27. The van der Waals surface area contributed by atoms with Crippen molar-refractivity contribution in [2.75, 3.05) is 43.4 Å². The van der Waals surface area contributed by atoms with E-state index in [2.05, 4.69) is 37.2 Å². The molecule has 6 rings (SSSR count). The van der Waals surface area contributed by atoms with Gasteiger partial charge in [0.05, 0.1) is 15.4 Å². The fourth-order valence-electron chi connectivity index (χ4n) is 4.71. The molecule has 2 aromatic heterocycles. The van der Waals surface area contributed by atoms with E-state index in [1.807, 2.05) is 24.3 Å². The van der Waals surface area contributed by atoms with Gasteiger partial charge in [0.1, 0.15) is 22.7 Å². The van der Waals surface area contributed by atoms with Gasteiger partial charge in [-0.05, 0) is 55.6 Å². The minimum absolute atomic E-state index is 0.139. The molecule has 1 N–H and O–H groups in total. The molecule has 5 aromatic rings. The van der Waals surface area contributed by atoms with Gasteiger partial charge in [-0.3, -0.25) is 4.79 Å². The number of halogens is 3. The van der Waals surface area contributed by atoms with Crippen LogP contribution in [-0.2, 0) is 0 Å². The van der Waals surface area contributed by atoms with Gasteiger partial charge in [-0.1, -0.05) is 41.4 Å². The molecular weight excluding hydrogens is 552 g/mol. The monoisotopic (exact) mass is 575 g/mol. The van der Waals surface area contributed by atoms with Crippen LogP contribution < -0.4 is 15.8 Å². The number of rotatable bonds is 5. The normalized spacial score (nSPS) is 14.1. The van der Waals surface area contributed by atoms with Gasteiger partial charge in [0.2, 0.25) is 5.95 Å². The van der Waals surface area contributed by atoms with Crippen LogP contribution in [0.1, 0.15) is 0 Å². The Morgan fingerprint density at radius 1 is 0.900 bits per heavy atom. The Kier molecular flexibility index (Phi) is 7.10. The Bertz CT molecular complexity index is 1750. The molecule has 8 nitrogen and oxygen atoms in total. The SMILES string of the molecule is CN1CCN(c2ccc(Nc3ncc4c(=O)n(-c5c(Cl)cccc5Cl)nc(-c5ccccc5F)c4n3)cc2)CC1. The first-order valence-corrected chi connectivity index (χ1v) is 13.4. The number of fused-ring (bicyclic) bond motifs is 1. The fraction of sp³-hybridized carbons (Fsp3) is 0.172. The maximum absolute atomic E-state index is 15.0. The number of benzene rings is 3. The zero-order valence-electron chi connectivity index (χ0n) is 21.5. The molecule has 11 heteroatoms. The van der Waals surface area contributed by atoms with Crippen molar-refractivity contribution in [3.05, 3.63) is 99.1 Å². The smallest absolute Gasteiger partial charge is 0.282 e. The lowest BCUT2D eigenvalue weighted by Gasteiger charge is -2.34. The number of nitrogens with zero attached hydrogens (tertiary/aromatic N) is 6. The first-order valence-electron chi connectivity index (χ1n) is 12.7. The van der Waals surface area contributed by atoms with E-state index in [1.165, 1.54) is 12.3 Å². The highest BCUT2D eigenvalue weighted by atomic mass is 35.5. The lowest BCUT2D eigenvalue weighted by atomic mass is 10.1. The molecule has 1 aliphatic rings. The van der Waals surface area contributed by atoms with E-state index >= 15 is 4.39 Å². The van der Waals surface area contributed by atoms with Crippen molar-refractivity contribution in [2.45, 2.75) is 0 Å². The van der Waals surface area contributed by atoms with Gasteiger partial charge in [-0.25, -0.2) is 14.4 Å². The van der Waals surface area contributed by atoms with Crippen molar-refractivity contribution < 1.29 is 4.39 Å². The largest absolute Gasteiger partial charge is 0.369 e. The first-order chi connectivity index (χ1) is 19.4. The molecule has 3 aromatic carbocycles. The van der Waals surface area contributed by atoms with Crippen molar-refractivity contribution in [1.82, 2.24) is 24.6 Å². The third kappa shape index (κ3) is 4.99. The summed E-state index contributed by atoms with van der Waals surface area (Å²) < 4.78 is 16.1. The van der Waals surface area contributed by atoms with Gasteiger partial charge < -0.3 is 15.1 Å². The lowest BCUT2D eigenvalue weighted by molar-refractivity contribution is 0.313. The first kappa shape index (κ1) is 26.2. The minimum Gasteiger partial charge on any atom is -0.369 e. The molecule has 0 aliphatic carbocycles. The minimum atomic E-state index is -0.534. The van der Waals surface area contributed by atoms with Gasteiger partial charge in [0, 0.05) is 49.3 Å². The number of likely N-dealkylation sites (N-methyl/N-ethyl adjacent to an activating group) is 1. The van der Waals surface area contributed by atoms with Crippen molar-refractivity contribution in [2.24, 2.45) is 0 Å². The molecule has 1 aliphatic heterocycles. The molecule has 3 heterocycles. The van der Waals surface area contributed by atoms with E-state index in [0.717, 1.165) is 42.2 Å². The summed E-state index contributed by atoms with van der Waals surface area (Å²) in [5.41, 5.74) is 2.09. The molecule has 0 radical (unpaired) electrons. The Labute approximate surface area is 239 Å². The van der Waals surface area contributed by atoms with E-state index in [4.69, 9.17) is 23.2 Å². The van der Waals surface area contributed by atoms with Crippen molar-refractivity contribution in [3.63, 3.8) is 0 Å². The zero-order valence-corrected chi connectivity index (χ0v) is 23.0. The number of anilines is 3. The Balaban J connectivity index is 1.42. The molecule has 0 bridgehead atoms. The quantitative estimate of drug-likeness (QED) is 0.284. The van der Waals surface area contributed by atoms with Crippen LogP contribution >= 0.6 is 23.2 Å². The highest BCUT2D eigenvalue weighted by molar-refractivity contribution is 6.37. The predicted octanol–water partition coefficient (Wildman–Crippen LogP) is 5.78. The predicted molar refractivity (Wildman–Crippen MR) is 158 cm³/mol. The lowest BCUT2D eigenvalue weighted by Crippen LogP contribution is -2.44. The summed E-state index contributed by atoms with van der Waals surface area (Å²) in [5, 5.41) is 8.28. The van der Waals surface area contributed by atoms with Crippen LogP contribution in [0.5, 0.6) is 0 Å². The van der Waals surface area contributed by atoms with Crippen LogP contribution in [0.3, 0.4) is 0 Å². The number of para-hydroxylation sites is 1. The second-order valence-corrected chi connectivity index (χ2v) is 10.3. The van der Waals surface area contributed by atoms with E-state index in [1.54, 1.807) is 36.4 Å². The van der Waals surface area contributed by atoms with E-state index in [0.29, 0.717) is 0 Å². The molecule has 0 spiro atoms. The maximum atomic E-state index is 15.0. The van der Waals surface area contributed by atoms with E-state index in [-0.39, 0.29) is 43.8 Å². The van der Waals surface area contributed by atoms with E-state index < -0.39 is 11.4 Å². The molecule has 0 saturated carbocycles. The summed E-state index contributed by atoms with van der Waals surface area (Å²) in [6.07, 6.45) is 1.40. The van der Waals surface area contributed by atoms with Gasteiger partial charge >= 0.3 is 0 Å². The second-order valence-electron chi connectivity index (χ2n) is 9.53. The molecule has 0 unspecified atom stereocenters. The third-order valence-electron chi connectivity index (χ3n) is 6.91.